The summed E-state index contributed by atoms with van der Waals surface area (Å²) in [7, 11) is 0. The van der Waals surface area contributed by atoms with Crippen molar-refractivity contribution in [3.63, 3.8) is 0 Å². The number of pyridine rings is 1. The maximum atomic E-state index is 12.7. The number of carbonyl (C=O) groups excluding carboxylic acids is 1. The van der Waals surface area contributed by atoms with Gasteiger partial charge in [-0.05, 0) is 29.5 Å². The lowest BCUT2D eigenvalue weighted by molar-refractivity contribution is -0.142. The van der Waals surface area contributed by atoms with E-state index in [2.05, 4.69) is 4.98 Å². The summed E-state index contributed by atoms with van der Waals surface area (Å²) < 4.78 is 30.5. The van der Waals surface area contributed by atoms with Crippen molar-refractivity contribution < 1.29 is 18.3 Å². The van der Waals surface area contributed by atoms with Crippen LogP contribution in [0, 0.1) is 15.0 Å². The second-order valence-electron chi connectivity index (χ2n) is 3.25. The summed E-state index contributed by atoms with van der Waals surface area (Å²) in [6.07, 6.45) is -2.08. The van der Waals surface area contributed by atoms with Gasteiger partial charge in [0, 0.05) is 11.8 Å². The molecule has 1 aromatic heterocycles. The van der Waals surface area contributed by atoms with E-state index < -0.39 is 18.0 Å². The van der Waals surface area contributed by atoms with Gasteiger partial charge in [0.1, 0.15) is 9.77 Å². The molecule has 0 aromatic carbocycles. The molecule has 0 amide bonds. The molecule has 0 aliphatic heterocycles. The van der Waals surface area contributed by atoms with Gasteiger partial charge in [0.25, 0.3) is 6.43 Å². The van der Waals surface area contributed by atoms with Gasteiger partial charge in [0.2, 0.25) is 0 Å². The molecule has 0 saturated heterocycles. The molecule has 1 heterocycles. The number of nitriles is 1. The molecule has 0 spiro atoms. The zero-order valence-electron chi connectivity index (χ0n) is 9.41. The summed E-state index contributed by atoms with van der Waals surface area (Å²) in [6, 6.07) is 1.70. The van der Waals surface area contributed by atoms with Crippen LogP contribution in [0.5, 0.6) is 0 Å². The van der Waals surface area contributed by atoms with Crippen molar-refractivity contribution in [3.8, 4) is 6.07 Å². The van der Waals surface area contributed by atoms with Crippen LogP contribution in [0.1, 0.15) is 30.0 Å². The molecule has 0 saturated carbocycles. The summed E-state index contributed by atoms with van der Waals surface area (Å²) in [5.41, 5.74) is -0.469. The molecule has 1 rings (SSSR count). The molecule has 4 nitrogen and oxygen atoms in total. The zero-order chi connectivity index (χ0) is 13.7. The monoisotopic (exact) mass is 366 g/mol. The van der Waals surface area contributed by atoms with Crippen LogP contribution in [0.2, 0.25) is 0 Å². The van der Waals surface area contributed by atoms with Crippen molar-refractivity contribution in [3.05, 3.63) is 26.6 Å². The highest BCUT2D eigenvalue weighted by atomic mass is 127. The molecule has 96 valence electrons. The standard InChI is InChI=1S/C11H9F2IN2O2/c1-2-18-9(17)3-6-7(4-15)8(10(12)13)5-16-11(6)14/h5,10H,2-3H2,1H3. The third-order valence-electron chi connectivity index (χ3n) is 2.13. The van der Waals surface area contributed by atoms with Crippen molar-refractivity contribution in [2.45, 2.75) is 19.8 Å². The topological polar surface area (TPSA) is 63.0 Å². The lowest BCUT2D eigenvalue weighted by Crippen LogP contribution is -2.12. The quantitative estimate of drug-likeness (QED) is 0.467. The fourth-order valence-corrected chi connectivity index (χ4v) is 1.96. The molecule has 18 heavy (non-hydrogen) atoms. The Balaban J connectivity index is 3.21. The number of hydrogen-bond acceptors (Lipinski definition) is 4. The number of alkyl halides is 2. The number of hydrogen-bond donors (Lipinski definition) is 0. The average molecular weight is 366 g/mol. The van der Waals surface area contributed by atoms with Crippen LogP contribution in [-0.4, -0.2) is 17.6 Å². The van der Waals surface area contributed by atoms with Gasteiger partial charge in [-0.15, -0.1) is 0 Å². The summed E-state index contributed by atoms with van der Waals surface area (Å²) >= 11 is 1.80. The minimum Gasteiger partial charge on any atom is -0.466 e. The van der Waals surface area contributed by atoms with Crippen LogP contribution in [0.4, 0.5) is 8.78 Å². The maximum Gasteiger partial charge on any atom is 0.310 e. The highest BCUT2D eigenvalue weighted by molar-refractivity contribution is 14.1. The molecule has 1 aromatic rings. The Morgan fingerprint density at radius 1 is 1.67 bits per heavy atom. The molecule has 0 atom stereocenters. The van der Waals surface area contributed by atoms with E-state index in [4.69, 9.17) is 10.00 Å². The summed E-state index contributed by atoms with van der Waals surface area (Å²) in [5.74, 6) is -0.569. The van der Waals surface area contributed by atoms with Crippen molar-refractivity contribution >= 4 is 28.6 Å². The van der Waals surface area contributed by atoms with Gasteiger partial charge in [-0.25, -0.2) is 13.8 Å². The van der Waals surface area contributed by atoms with Crippen LogP contribution in [0.25, 0.3) is 0 Å². The molecule has 0 radical (unpaired) electrons. The van der Waals surface area contributed by atoms with Crippen molar-refractivity contribution in [1.29, 1.82) is 5.26 Å². The molecule has 0 bridgehead atoms. The van der Waals surface area contributed by atoms with Gasteiger partial charge >= 0.3 is 5.97 Å². The summed E-state index contributed by atoms with van der Waals surface area (Å²) in [4.78, 5) is 15.1. The number of nitrogens with zero attached hydrogens (tertiary/aromatic N) is 2. The molecule has 0 N–H and O–H groups in total. The van der Waals surface area contributed by atoms with E-state index in [-0.39, 0.29) is 24.2 Å². The van der Waals surface area contributed by atoms with Gasteiger partial charge in [0.05, 0.1) is 24.2 Å². The van der Waals surface area contributed by atoms with E-state index >= 15 is 0 Å². The minimum atomic E-state index is -2.80. The number of aromatic nitrogens is 1. The van der Waals surface area contributed by atoms with Gasteiger partial charge in [-0.3, -0.25) is 4.79 Å². The fraction of sp³-hybridized carbons (Fsp3) is 0.364. The highest BCUT2D eigenvalue weighted by Crippen LogP contribution is 2.27. The normalized spacial score (nSPS) is 10.2. The lowest BCUT2D eigenvalue weighted by Gasteiger charge is -2.09. The van der Waals surface area contributed by atoms with E-state index in [1.165, 1.54) is 0 Å². The Hall–Kier alpha value is -1.30. The van der Waals surface area contributed by atoms with Crippen LogP contribution in [-0.2, 0) is 16.0 Å². The molecular weight excluding hydrogens is 357 g/mol. The molecule has 0 fully saturated rings. The van der Waals surface area contributed by atoms with E-state index in [9.17, 15) is 13.6 Å². The number of carbonyl (C=O) groups is 1. The first-order chi connectivity index (χ1) is 8.51. The fourth-order valence-electron chi connectivity index (χ4n) is 1.36. The molecule has 0 aliphatic rings. The van der Waals surface area contributed by atoms with Crippen LogP contribution >= 0.6 is 22.6 Å². The Labute approximate surface area is 116 Å². The van der Waals surface area contributed by atoms with Gasteiger partial charge in [0.15, 0.2) is 0 Å². The van der Waals surface area contributed by atoms with Gasteiger partial charge in [-0.2, -0.15) is 5.26 Å². The highest BCUT2D eigenvalue weighted by Gasteiger charge is 2.21. The maximum absolute atomic E-state index is 12.7. The Bertz CT molecular complexity index is 501. The van der Waals surface area contributed by atoms with Crippen LogP contribution < -0.4 is 0 Å². The Kier molecular flexibility index (Phi) is 5.40. The molecule has 0 unspecified atom stereocenters. The first kappa shape index (κ1) is 14.8. The zero-order valence-corrected chi connectivity index (χ0v) is 11.6. The number of ether oxygens (including phenoxy) is 1. The van der Waals surface area contributed by atoms with E-state index in [1.54, 1.807) is 35.6 Å². The molecular formula is C11H9F2IN2O2. The van der Waals surface area contributed by atoms with Crippen molar-refractivity contribution in [1.82, 2.24) is 4.98 Å². The number of halogens is 3. The third kappa shape index (κ3) is 3.35. The molecule has 0 aliphatic carbocycles. The predicted molar refractivity (Wildman–Crippen MR) is 67.0 cm³/mol. The molecule has 7 heteroatoms. The minimum absolute atomic E-state index is 0.189. The Morgan fingerprint density at radius 2 is 2.33 bits per heavy atom. The average Bonchev–Trinajstić information content (AvgIpc) is 2.31. The first-order valence-corrected chi connectivity index (χ1v) is 6.10. The van der Waals surface area contributed by atoms with E-state index in [0.717, 1.165) is 6.20 Å². The van der Waals surface area contributed by atoms with E-state index in [0.29, 0.717) is 3.70 Å². The van der Waals surface area contributed by atoms with Crippen molar-refractivity contribution in [2.75, 3.05) is 6.61 Å². The van der Waals surface area contributed by atoms with Gasteiger partial charge in [-0.1, -0.05) is 0 Å². The SMILES string of the molecule is CCOC(=O)Cc1c(I)ncc(C(F)F)c1C#N. The smallest absolute Gasteiger partial charge is 0.310 e. The van der Waals surface area contributed by atoms with Crippen LogP contribution in [0.15, 0.2) is 6.20 Å². The largest absolute Gasteiger partial charge is 0.466 e. The van der Waals surface area contributed by atoms with Crippen LogP contribution in [0.3, 0.4) is 0 Å². The second-order valence-corrected chi connectivity index (χ2v) is 4.27. The number of esters is 1. The second kappa shape index (κ2) is 6.58. The third-order valence-corrected chi connectivity index (χ3v) is 3.06. The number of rotatable bonds is 4. The predicted octanol–water partition coefficient (Wildman–Crippen LogP) is 2.60. The van der Waals surface area contributed by atoms with Crippen molar-refractivity contribution in [2.24, 2.45) is 0 Å². The first-order valence-electron chi connectivity index (χ1n) is 5.02. The van der Waals surface area contributed by atoms with E-state index in [1.807, 2.05) is 0 Å². The Morgan fingerprint density at radius 3 is 2.83 bits per heavy atom. The summed E-state index contributed by atoms with van der Waals surface area (Å²) in [6.45, 7) is 1.83. The van der Waals surface area contributed by atoms with Gasteiger partial charge < -0.3 is 4.74 Å². The summed E-state index contributed by atoms with van der Waals surface area (Å²) in [5, 5.41) is 8.95. The lowest BCUT2D eigenvalue weighted by atomic mass is 10.0.